The molecule has 0 heterocycles. The van der Waals surface area contributed by atoms with Crippen LogP contribution >= 0.6 is 0 Å². The Kier molecular flexibility index (Phi) is 5.04. The highest BCUT2D eigenvalue weighted by molar-refractivity contribution is 6.32. The molecule has 1 aromatic rings. The van der Waals surface area contributed by atoms with Crippen molar-refractivity contribution in [2.45, 2.75) is 32.9 Å². The van der Waals surface area contributed by atoms with E-state index in [0.717, 1.165) is 23.6 Å². The molecule has 1 rings (SSSR count). The molecule has 0 aliphatic rings. The molecule has 82 valence electrons. The number of phenols is 1. The van der Waals surface area contributed by atoms with E-state index in [9.17, 15) is 5.11 Å². The second kappa shape index (κ2) is 6.34. The molecule has 0 aliphatic carbocycles. The Morgan fingerprint density at radius 3 is 2.67 bits per heavy atom. The summed E-state index contributed by atoms with van der Waals surface area (Å²) in [5.41, 5.74) is 1.86. The monoisotopic (exact) mass is 222 g/mol. The summed E-state index contributed by atoms with van der Waals surface area (Å²) in [6.45, 7) is 4.66. The predicted molar refractivity (Wildman–Crippen MR) is 65.1 cm³/mol. The molecular weight excluding hydrogens is 204 g/mol. The summed E-state index contributed by atoms with van der Waals surface area (Å²) in [5, 5.41) is 13.9. The molecule has 0 aromatic heterocycles. The quantitative estimate of drug-likeness (QED) is 0.603. The van der Waals surface area contributed by atoms with Crippen LogP contribution < -0.4 is 0 Å². The lowest BCUT2D eigenvalue weighted by Crippen LogP contribution is -1.88. The highest BCUT2D eigenvalue weighted by atomic mass is 28.2. The van der Waals surface area contributed by atoms with Crippen molar-refractivity contribution in [3.63, 3.8) is 0 Å². The largest absolute Gasteiger partial charge is 0.507 e. The fraction of sp³-hybridized carbons (Fsp3) is 0.455. The first-order chi connectivity index (χ1) is 7.29. The summed E-state index contributed by atoms with van der Waals surface area (Å²) < 4.78 is 4.13. The number of rotatable bonds is 5. The van der Waals surface area contributed by atoms with Crippen molar-refractivity contribution in [1.82, 2.24) is 0 Å². The van der Waals surface area contributed by atoms with Crippen molar-refractivity contribution in [2.24, 2.45) is 9.89 Å². The Bertz CT molecular complexity index is 339. The molecule has 15 heavy (non-hydrogen) atoms. The Morgan fingerprint density at radius 2 is 2.00 bits per heavy atom. The Morgan fingerprint density at radius 1 is 1.27 bits per heavy atom. The van der Waals surface area contributed by atoms with Crippen LogP contribution in [0.25, 0.3) is 0 Å². The van der Waals surface area contributed by atoms with Gasteiger partial charge in [-0.3, -0.25) is 0 Å². The van der Waals surface area contributed by atoms with Gasteiger partial charge in [-0.1, -0.05) is 32.0 Å². The van der Waals surface area contributed by atoms with Gasteiger partial charge in [0.2, 0.25) is 0 Å². The lowest BCUT2D eigenvalue weighted by atomic mass is 10.1. The van der Waals surface area contributed by atoms with Crippen molar-refractivity contribution < 1.29 is 5.11 Å². The topological polar surface area (TPSA) is 45.0 Å². The molecule has 0 fully saturated rings. The minimum Gasteiger partial charge on any atom is -0.507 e. The van der Waals surface area contributed by atoms with Crippen molar-refractivity contribution in [1.29, 1.82) is 0 Å². The van der Waals surface area contributed by atoms with Crippen LogP contribution in [0.15, 0.2) is 28.1 Å². The van der Waals surface area contributed by atoms with Gasteiger partial charge in [0.05, 0.1) is 6.54 Å². The van der Waals surface area contributed by atoms with E-state index >= 15 is 0 Å². The zero-order chi connectivity index (χ0) is 11.1. The summed E-state index contributed by atoms with van der Waals surface area (Å²) in [4.78, 5) is 0. The molecule has 0 atom stereocenters. The summed E-state index contributed by atoms with van der Waals surface area (Å²) in [6.07, 6.45) is 0.848. The maximum absolute atomic E-state index is 9.85. The van der Waals surface area contributed by atoms with Gasteiger partial charge < -0.3 is 5.11 Å². The lowest BCUT2D eigenvalue weighted by Gasteiger charge is -2.05. The second-order valence-electron chi connectivity index (χ2n) is 3.44. The van der Waals surface area contributed by atoms with Crippen LogP contribution in [0.1, 0.15) is 25.0 Å². The summed E-state index contributed by atoms with van der Waals surface area (Å²) >= 11 is 0. The van der Waals surface area contributed by atoms with E-state index in [1.165, 1.54) is 0 Å². The summed E-state index contributed by atoms with van der Waals surface area (Å²) in [5.74, 6) is 0.386. The van der Waals surface area contributed by atoms with Crippen LogP contribution in [-0.2, 0) is 13.0 Å². The Labute approximate surface area is 93.2 Å². The average molecular weight is 222 g/mol. The third-order valence-electron chi connectivity index (χ3n) is 2.25. The van der Waals surface area contributed by atoms with Crippen LogP contribution in [0.3, 0.4) is 0 Å². The van der Waals surface area contributed by atoms with E-state index < -0.39 is 0 Å². The first kappa shape index (κ1) is 11.9. The standard InChI is InChI=1S/C11H18N2OSi/c1-3-9-6-5-7-10(11(9)14)8-12-13-15-4-2/h5-7,14H,3-4,8,15H2,1-2H3/b13-12+. The van der Waals surface area contributed by atoms with Gasteiger partial charge in [-0.2, -0.15) is 0 Å². The van der Waals surface area contributed by atoms with Crippen LogP contribution in [0, 0.1) is 0 Å². The van der Waals surface area contributed by atoms with Gasteiger partial charge in [-0.25, -0.2) is 9.89 Å². The maximum Gasteiger partial charge on any atom is 0.178 e. The number of para-hydroxylation sites is 1. The van der Waals surface area contributed by atoms with Gasteiger partial charge in [-0.05, 0) is 18.0 Å². The highest BCUT2D eigenvalue weighted by Gasteiger charge is 2.03. The molecule has 0 amide bonds. The number of benzene rings is 1. The van der Waals surface area contributed by atoms with Crippen LogP contribution in [0.5, 0.6) is 5.75 Å². The fourth-order valence-electron chi connectivity index (χ4n) is 1.35. The number of hydrogen-bond acceptors (Lipinski definition) is 3. The van der Waals surface area contributed by atoms with E-state index in [1.54, 1.807) is 0 Å². The molecule has 3 nitrogen and oxygen atoms in total. The number of nitrogens with zero attached hydrogens (tertiary/aromatic N) is 2. The molecule has 1 N–H and O–H groups in total. The maximum atomic E-state index is 9.85. The van der Waals surface area contributed by atoms with Gasteiger partial charge in [0.25, 0.3) is 0 Å². The molecule has 0 saturated carbocycles. The number of hydrogen-bond donors (Lipinski definition) is 1. The van der Waals surface area contributed by atoms with Gasteiger partial charge >= 0.3 is 0 Å². The van der Waals surface area contributed by atoms with Gasteiger partial charge in [0, 0.05) is 5.56 Å². The fourth-order valence-corrected chi connectivity index (χ4v) is 1.80. The Balaban J connectivity index is 2.68. The summed E-state index contributed by atoms with van der Waals surface area (Å²) in [7, 11) is -0.345. The van der Waals surface area contributed by atoms with Gasteiger partial charge in [-0.15, -0.1) is 0 Å². The zero-order valence-corrected chi connectivity index (χ0v) is 10.8. The van der Waals surface area contributed by atoms with Crippen LogP contribution in [-0.4, -0.2) is 14.8 Å². The summed E-state index contributed by atoms with van der Waals surface area (Å²) in [6, 6.07) is 6.95. The molecule has 0 aliphatic heterocycles. The Hall–Kier alpha value is -1.16. The molecule has 1 aromatic carbocycles. The third kappa shape index (κ3) is 3.47. The normalized spacial score (nSPS) is 11.9. The van der Waals surface area contributed by atoms with E-state index in [-0.39, 0.29) is 9.68 Å². The molecule has 4 heteroatoms. The highest BCUT2D eigenvalue weighted by Crippen LogP contribution is 2.23. The van der Waals surface area contributed by atoms with E-state index in [1.807, 2.05) is 25.1 Å². The van der Waals surface area contributed by atoms with Crippen LogP contribution in [0.2, 0.25) is 6.04 Å². The van der Waals surface area contributed by atoms with Crippen LogP contribution in [0.4, 0.5) is 0 Å². The second-order valence-corrected chi connectivity index (χ2v) is 5.17. The molecule has 0 radical (unpaired) electrons. The van der Waals surface area contributed by atoms with E-state index in [4.69, 9.17) is 0 Å². The van der Waals surface area contributed by atoms with Crippen molar-refractivity contribution in [3.8, 4) is 5.75 Å². The minimum absolute atomic E-state index is 0.345. The van der Waals surface area contributed by atoms with Gasteiger partial charge in [0.15, 0.2) is 9.68 Å². The lowest BCUT2D eigenvalue weighted by molar-refractivity contribution is 0.461. The number of phenolic OH excluding ortho intramolecular Hbond substituents is 1. The first-order valence-corrected chi connectivity index (χ1v) is 7.05. The van der Waals surface area contributed by atoms with Crippen molar-refractivity contribution >= 4 is 9.68 Å². The molecule has 0 bridgehead atoms. The number of aromatic hydroxyl groups is 1. The van der Waals surface area contributed by atoms with E-state index in [0.29, 0.717) is 12.3 Å². The zero-order valence-electron chi connectivity index (χ0n) is 9.40. The molecule has 0 spiro atoms. The average Bonchev–Trinajstić information content (AvgIpc) is 2.26. The smallest absolute Gasteiger partial charge is 0.178 e. The predicted octanol–water partition coefficient (Wildman–Crippen LogP) is 2.43. The molecule has 0 saturated heterocycles. The van der Waals surface area contributed by atoms with Gasteiger partial charge in [0.1, 0.15) is 5.75 Å². The van der Waals surface area contributed by atoms with E-state index in [2.05, 4.69) is 16.8 Å². The van der Waals surface area contributed by atoms with Crippen molar-refractivity contribution in [2.75, 3.05) is 0 Å². The molecular formula is C11H18N2OSi. The molecule has 0 unspecified atom stereocenters. The SMILES string of the molecule is CC[SiH2]/N=N/Cc1cccc(CC)c1O. The third-order valence-corrected chi connectivity index (χ3v) is 3.10. The first-order valence-electron chi connectivity index (χ1n) is 5.42. The minimum atomic E-state index is -0.345. The number of aryl methyl sites for hydroxylation is 1. The van der Waals surface area contributed by atoms with Crippen molar-refractivity contribution in [3.05, 3.63) is 29.3 Å².